The van der Waals surface area contributed by atoms with Gasteiger partial charge < -0.3 is 15.3 Å². The van der Waals surface area contributed by atoms with Gasteiger partial charge in [0.15, 0.2) is 0 Å². The fraction of sp³-hybridized carbons (Fsp3) is 0.321. The number of fused-ring (bicyclic) bond motifs is 1. The highest BCUT2D eigenvalue weighted by Crippen LogP contribution is 2.35. The number of carbonyl (C=O) groups is 1. The van der Waals surface area contributed by atoms with Crippen LogP contribution in [0.25, 0.3) is 22.2 Å². The standard InChI is InChI=1S/C28H28FN5O2/c29-21-5-7-22(8-6-21)31-23-9-10-25-24(16-23)26(20-2-1-13-30-17-20)32-34(25)18-28(36)11-14-33(15-12-28)27(35)19-3-4-19/h1-2,5-10,13,16-17,19,31,36H,3-4,11-12,14-15,18H2. The smallest absolute Gasteiger partial charge is 0.225 e. The fourth-order valence-corrected chi connectivity index (χ4v) is 4.96. The lowest BCUT2D eigenvalue weighted by atomic mass is 9.91. The zero-order valence-corrected chi connectivity index (χ0v) is 19.9. The van der Waals surface area contributed by atoms with Crippen molar-refractivity contribution in [3.63, 3.8) is 0 Å². The molecule has 6 rings (SSSR count). The monoisotopic (exact) mass is 485 g/mol. The summed E-state index contributed by atoms with van der Waals surface area (Å²) in [5.41, 5.74) is 3.28. The van der Waals surface area contributed by atoms with Crippen LogP contribution in [-0.4, -0.2) is 49.4 Å². The van der Waals surface area contributed by atoms with Crippen LogP contribution in [0.4, 0.5) is 15.8 Å². The molecule has 36 heavy (non-hydrogen) atoms. The zero-order chi connectivity index (χ0) is 24.7. The average Bonchev–Trinajstić information content (AvgIpc) is 3.69. The summed E-state index contributed by atoms with van der Waals surface area (Å²) in [6.07, 6.45) is 6.55. The molecule has 3 heterocycles. The molecule has 0 bridgehead atoms. The summed E-state index contributed by atoms with van der Waals surface area (Å²) in [4.78, 5) is 18.6. The van der Waals surface area contributed by atoms with Crippen molar-refractivity contribution in [3.8, 4) is 11.3 Å². The van der Waals surface area contributed by atoms with Crippen molar-refractivity contribution in [2.75, 3.05) is 18.4 Å². The third kappa shape index (κ3) is 4.56. The fourth-order valence-electron chi connectivity index (χ4n) is 4.96. The molecule has 0 unspecified atom stereocenters. The first-order chi connectivity index (χ1) is 17.5. The number of hydrogen-bond acceptors (Lipinski definition) is 5. The first kappa shape index (κ1) is 22.7. The summed E-state index contributed by atoms with van der Waals surface area (Å²) in [6, 6.07) is 16.0. The first-order valence-corrected chi connectivity index (χ1v) is 12.4. The van der Waals surface area contributed by atoms with E-state index in [0.717, 1.165) is 46.4 Å². The molecule has 1 aliphatic heterocycles. The molecular formula is C28H28FN5O2. The molecule has 4 aromatic rings. The minimum absolute atomic E-state index is 0.200. The number of rotatable bonds is 6. The highest BCUT2D eigenvalue weighted by atomic mass is 19.1. The van der Waals surface area contributed by atoms with Crippen molar-refractivity contribution in [2.24, 2.45) is 5.92 Å². The maximum absolute atomic E-state index is 13.3. The Labute approximate surface area is 208 Å². The van der Waals surface area contributed by atoms with Crippen LogP contribution in [0.5, 0.6) is 0 Å². The Bertz CT molecular complexity index is 1390. The van der Waals surface area contributed by atoms with Gasteiger partial charge in [-0.15, -0.1) is 0 Å². The molecule has 1 amide bonds. The molecule has 1 saturated carbocycles. The molecule has 8 heteroatoms. The van der Waals surface area contributed by atoms with Crippen LogP contribution < -0.4 is 5.32 Å². The second kappa shape index (κ2) is 9.02. The van der Waals surface area contributed by atoms with Crippen molar-refractivity contribution in [3.05, 3.63) is 72.8 Å². The van der Waals surface area contributed by atoms with E-state index >= 15 is 0 Å². The molecule has 1 aliphatic carbocycles. The number of halogens is 1. The predicted octanol–water partition coefficient (Wildman–Crippen LogP) is 4.74. The van der Waals surface area contributed by atoms with E-state index in [1.807, 2.05) is 39.9 Å². The Balaban J connectivity index is 1.30. The number of aliphatic hydroxyl groups is 1. The lowest BCUT2D eigenvalue weighted by Crippen LogP contribution is -2.49. The molecule has 1 saturated heterocycles. The van der Waals surface area contributed by atoms with E-state index in [-0.39, 0.29) is 17.6 Å². The molecular weight excluding hydrogens is 457 g/mol. The molecule has 0 radical (unpaired) electrons. The molecule has 2 aromatic heterocycles. The van der Waals surface area contributed by atoms with Gasteiger partial charge in [0.1, 0.15) is 11.5 Å². The summed E-state index contributed by atoms with van der Waals surface area (Å²) in [7, 11) is 0. The normalized spacial score (nSPS) is 17.3. The zero-order valence-electron chi connectivity index (χ0n) is 19.9. The van der Waals surface area contributed by atoms with E-state index in [0.29, 0.717) is 32.5 Å². The third-order valence-corrected chi connectivity index (χ3v) is 7.19. The number of pyridine rings is 1. The van der Waals surface area contributed by atoms with Crippen molar-refractivity contribution >= 4 is 28.2 Å². The molecule has 2 aromatic carbocycles. The van der Waals surface area contributed by atoms with Crippen molar-refractivity contribution in [2.45, 2.75) is 37.8 Å². The Morgan fingerprint density at radius 1 is 1.08 bits per heavy atom. The van der Waals surface area contributed by atoms with Crippen LogP contribution >= 0.6 is 0 Å². The number of amides is 1. The summed E-state index contributed by atoms with van der Waals surface area (Å²) in [5.74, 6) is 0.157. The summed E-state index contributed by atoms with van der Waals surface area (Å²) >= 11 is 0. The van der Waals surface area contributed by atoms with Gasteiger partial charge in [-0.2, -0.15) is 5.10 Å². The highest BCUT2D eigenvalue weighted by molar-refractivity contribution is 5.95. The topological polar surface area (TPSA) is 83.3 Å². The number of nitrogens with one attached hydrogen (secondary N) is 1. The minimum Gasteiger partial charge on any atom is -0.388 e. The number of nitrogens with zero attached hydrogens (tertiary/aromatic N) is 4. The van der Waals surface area contributed by atoms with Crippen LogP contribution in [0.2, 0.25) is 0 Å². The number of benzene rings is 2. The van der Waals surface area contributed by atoms with E-state index < -0.39 is 5.60 Å². The summed E-state index contributed by atoms with van der Waals surface area (Å²) < 4.78 is 15.2. The van der Waals surface area contributed by atoms with E-state index in [1.165, 1.54) is 12.1 Å². The maximum atomic E-state index is 13.3. The number of anilines is 2. The average molecular weight is 486 g/mol. The molecule has 2 fully saturated rings. The summed E-state index contributed by atoms with van der Waals surface area (Å²) in [5, 5.41) is 20.6. The van der Waals surface area contributed by atoms with Crippen molar-refractivity contribution in [1.29, 1.82) is 0 Å². The first-order valence-electron chi connectivity index (χ1n) is 12.4. The van der Waals surface area contributed by atoms with Crippen LogP contribution in [-0.2, 0) is 11.3 Å². The van der Waals surface area contributed by atoms with Gasteiger partial charge >= 0.3 is 0 Å². The lowest BCUT2D eigenvalue weighted by molar-refractivity contribution is -0.137. The number of hydrogen-bond donors (Lipinski definition) is 2. The molecule has 0 spiro atoms. The van der Waals surface area contributed by atoms with E-state index in [9.17, 15) is 14.3 Å². The molecule has 2 N–H and O–H groups in total. The molecule has 0 atom stereocenters. The van der Waals surface area contributed by atoms with Crippen LogP contribution in [0.15, 0.2) is 67.0 Å². The lowest BCUT2D eigenvalue weighted by Gasteiger charge is -2.38. The number of carbonyl (C=O) groups excluding carboxylic acids is 1. The maximum Gasteiger partial charge on any atom is 0.225 e. The molecule has 2 aliphatic rings. The second-order valence-corrected chi connectivity index (χ2v) is 9.94. The van der Waals surface area contributed by atoms with Gasteiger partial charge in [-0.3, -0.25) is 14.5 Å². The van der Waals surface area contributed by atoms with E-state index in [2.05, 4.69) is 10.3 Å². The second-order valence-electron chi connectivity index (χ2n) is 9.94. The largest absolute Gasteiger partial charge is 0.388 e. The van der Waals surface area contributed by atoms with Gasteiger partial charge in [0.05, 0.1) is 17.7 Å². The quantitative estimate of drug-likeness (QED) is 0.412. The molecule has 184 valence electrons. The Kier molecular flexibility index (Phi) is 5.68. The van der Waals surface area contributed by atoms with Gasteiger partial charge in [-0.25, -0.2) is 4.39 Å². The van der Waals surface area contributed by atoms with Crippen LogP contribution in [0.3, 0.4) is 0 Å². The van der Waals surface area contributed by atoms with Crippen molar-refractivity contribution in [1.82, 2.24) is 19.7 Å². The van der Waals surface area contributed by atoms with Crippen molar-refractivity contribution < 1.29 is 14.3 Å². The van der Waals surface area contributed by atoms with E-state index in [4.69, 9.17) is 5.10 Å². The molecule has 7 nitrogen and oxygen atoms in total. The number of piperidine rings is 1. The van der Waals surface area contributed by atoms with Crippen LogP contribution in [0, 0.1) is 11.7 Å². The van der Waals surface area contributed by atoms with E-state index in [1.54, 1.807) is 24.5 Å². The third-order valence-electron chi connectivity index (χ3n) is 7.19. The number of likely N-dealkylation sites (tertiary alicyclic amines) is 1. The van der Waals surface area contributed by atoms with Gasteiger partial charge in [0.2, 0.25) is 5.91 Å². The van der Waals surface area contributed by atoms with Crippen LogP contribution in [0.1, 0.15) is 25.7 Å². The number of aromatic nitrogens is 3. The Morgan fingerprint density at radius 2 is 1.83 bits per heavy atom. The SMILES string of the molecule is O=C(C1CC1)N1CCC(O)(Cn2nc(-c3cccnc3)c3cc(Nc4ccc(F)cc4)ccc32)CC1. The predicted molar refractivity (Wildman–Crippen MR) is 136 cm³/mol. The van der Waals surface area contributed by atoms with Gasteiger partial charge in [0.25, 0.3) is 0 Å². The minimum atomic E-state index is -0.934. The van der Waals surface area contributed by atoms with Gasteiger partial charge in [-0.1, -0.05) is 0 Å². The Morgan fingerprint density at radius 3 is 2.53 bits per heavy atom. The Hall–Kier alpha value is -3.78. The summed E-state index contributed by atoms with van der Waals surface area (Å²) in [6.45, 7) is 1.50. The highest BCUT2D eigenvalue weighted by Gasteiger charge is 2.39. The van der Waals surface area contributed by atoms with Gasteiger partial charge in [-0.05, 0) is 80.3 Å². The van der Waals surface area contributed by atoms with Gasteiger partial charge in [0, 0.05) is 53.7 Å².